The van der Waals surface area contributed by atoms with E-state index in [1.165, 1.54) is 0 Å². The van der Waals surface area contributed by atoms with E-state index in [4.69, 9.17) is 4.74 Å². The largest absolute Gasteiger partial charge is 0.490 e. The van der Waals surface area contributed by atoms with Gasteiger partial charge in [-0.25, -0.2) is 4.79 Å². The molecule has 0 aliphatic heterocycles. The van der Waals surface area contributed by atoms with Gasteiger partial charge in [-0.3, -0.25) is 9.13 Å². The van der Waals surface area contributed by atoms with Crippen molar-refractivity contribution in [2.75, 3.05) is 6.61 Å². The van der Waals surface area contributed by atoms with Gasteiger partial charge in [0, 0.05) is 7.05 Å². The molecule has 132 valence electrons. The van der Waals surface area contributed by atoms with Crippen molar-refractivity contribution in [1.29, 1.82) is 0 Å². The van der Waals surface area contributed by atoms with Gasteiger partial charge in [-0.2, -0.15) is 0 Å². The average molecular weight is 340 g/mol. The van der Waals surface area contributed by atoms with Crippen LogP contribution in [0.25, 0.3) is 11.0 Å². The zero-order chi connectivity index (χ0) is 18.1. The molecule has 0 fully saturated rings. The second kappa shape index (κ2) is 6.76. The third-order valence-corrected chi connectivity index (χ3v) is 4.74. The van der Waals surface area contributed by atoms with E-state index < -0.39 is 6.10 Å². The molecule has 3 rings (SSSR count). The summed E-state index contributed by atoms with van der Waals surface area (Å²) in [7, 11) is 1.74. The maximum atomic E-state index is 12.4. The zero-order valence-electron chi connectivity index (χ0n) is 15.1. The summed E-state index contributed by atoms with van der Waals surface area (Å²) < 4.78 is 9.06. The molecule has 3 aromatic rings. The number of aliphatic hydroxyl groups is 1. The van der Waals surface area contributed by atoms with Gasteiger partial charge in [0.15, 0.2) is 0 Å². The van der Waals surface area contributed by atoms with Gasteiger partial charge in [-0.15, -0.1) is 0 Å². The summed E-state index contributed by atoms with van der Waals surface area (Å²) in [6, 6.07) is 11.6. The molecule has 1 heterocycles. The van der Waals surface area contributed by atoms with Gasteiger partial charge < -0.3 is 9.84 Å². The summed E-state index contributed by atoms with van der Waals surface area (Å²) >= 11 is 0. The first-order valence-corrected chi connectivity index (χ1v) is 8.42. The Hall–Kier alpha value is -2.53. The fourth-order valence-electron chi connectivity index (χ4n) is 3.13. The van der Waals surface area contributed by atoms with Gasteiger partial charge in [-0.1, -0.05) is 24.3 Å². The van der Waals surface area contributed by atoms with Crippen LogP contribution in [-0.4, -0.2) is 27.0 Å². The SMILES string of the molecule is Cc1ccc(C)c(OCC(O)Cn2c(=O)n(C)c3ccccc32)c1C. The average Bonchev–Trinajstić information content (AvgIpc) is 2.84. The normalized spacial score (nSPS) is 12.5. The number of fused-ring (bicyclic) bond motifs is 1. The summed E-state index contributed by atoms with van der Waals surface area (Å²) in [5.41, 5.74) is 4.80. The second-order valence-corrected chi connectivity index (χ2v) is 6.56. The molecule has 0 aliphatic rings. The second-order valence-electron chi connectivity index (χ2n) is 6.56. The van der Waals surface area contributed by atoms with Crippen molar-refractivity contribution in [2.24, 2.45) is 7.05 Å². The van der Waals surface area contributed by atoms with Crippen LogP contribution in [-0.2, 0) is 13.6 Å². The van der Waals surface area contributed by atoms with E-state index in [0.29, 0.717) is 0 Å². The van der Waals surface area contributed by atoms with Crippen molar-refractivity contribution in [1.82, 2.24) is 9.13 Å². The van der Waals surface area contributed by atoms with Crippen LogP contribution in [0.1, 0.15) is 16.7 Å². The van der Waals surface area contributed by atoms with Crippen molar-refractivity contribution in [3.8, 4) is 5.75 Å². The number of imidazole rings is 1. The smallest absolute Gasteiger partial charge is 0.328 e. The lowest BCUT2D eigenvalue weighted by Gasteiger charge is -2.17. The standard InChI is InChI=1S/C20H24N2O3/c1-13-9-10-14(2)19(15(13)3)25-12-16(23)11-22-18-8-6-5-7-17(18)21(4)20(22)24/h5-10,16,23H,11-12H2,1-4H3. The molecule has 0 bridgehead atoms. The Morgan fingerprint density at radius 2 is 1.68 bits per heavy atom. The number of hydrogen-bond acceptors (Lipinski definition) is 3. The van der Waals surface area contributed by atoms with Crippen molar-refractivity contribution >= 4 is 11.0 Å². The molecule has 5 nitrogen and oxygen atoms in total. The highest BCUT2D eigenvalue weighted by Crippen LogP contribution is 2.25. The number of aliphatic hydroxyl groups excluding tert-OH is 1. The topological polar surface area (TPSA) is 56.4 Å². The van der Waals surface area contributed by atoms with E-state index >= 15 is 0 Å². The monoisotopic (exact) mass is 340 g/mol. The number of para-hydroxylation sites is 2. The number of rotatable bonds is 5. The molecule has 25 heavy (non-hydrogen) atoms. The van der Waals surface area contributed by atoms with Crippen molar-refractivity contribution in [3.05, 3.63) is 63.6 Å². The Morgan fingerprint density at radius 1 is 1.04 bits per heavy atom. The molecule has 0 saturated carbocycles. The van der Waals surface area contributed by atoms with Crippen LogP contribution in [0.2, 0.25) is 0 Å². The quantitative estimate of drug-likeness (QED) is 0.777. The molecular weight excluding hydrogens is 316 g/mol. The predicted molar refractivity (Wildman–Crippen MR) is 99.3 cm³/mol. The van der Waals surface area contributed by atoms with E-state index in [1.807, 2.05) is 51.1 Å². The molecule has 0 spiro atoms. The lowest BCUT2D eigenvalue weighted by molar-refractivity contribution is 0.0918. The lowest BCUT2D eigenvalue weighted by Crippen LogP contribution is -2.30. The molecule has 1 unspecified atom stereocenters. The number of aromatic nitrogens is 2. The predicted octanol–water partition coefficient (Wildman–Crippen LogP) is 2.71. The number of benzene rings is 2. The van der Waals surface area contributed by atoms with Gasteiger partial charge in [-0.05, 0) is 49.6 Å². The van der Waals surface area contributed by atoms with Gasteiger partial charge in [0.1, 0.15) is 18.5 Å². The molecule has 1 N–H and O–H groups in total. The van der Waals surface area contributed by atoms with E-state index in [1.54, 1.807) is 16.2 Å². The van der Waals surface area contributed by atoms with E-state index in [9.17, 15) is 9.90 Å². The first-order valence-electron chi connectivity index (χ1n) is 8.42. The first-order chi connectivity index (χ1) is 11.9. The molecule has 2 aromatic carbocycles. The Morgan fingerprint density at radius 3 is 2.40 bits per heavy atom. The number of nitrogens with zero attached hydrogens (tertiary/aromatic N) is 2. The maximum Gasteiger partial charge on any atom is 0.328 e. The number of hydrogen-bond donors (Lipinski definition) is 1. The molecule has 1 atom stereocenters. The van der Waals surface area contributed by atoms with E-state index in [-0.39, 0.29) is 18.8 Å². The molecule has 0 radical (unpaired) electrons. The number of aryl methyl sites for hydroxylation is 3. The summed E-state index contributed by atoms with van der Waals surface area (Å²) in [6.45, 7) is 6.38. The fraction of sp³-hybridized carbons (Fsp3) is 0.350. The number of ether oxygens (including phenoxy) is 1. The molecule has 0 saturated heterocycles. The minimum atomic E-state index is -0.775. The molecular formula is C20H24N2O3. The van der Waals surface area contributed by atoms with Crippen LogP contribution in [0, 0.1) is 20.8 Å². The highest BCUT2D eigenvalue weighted by Gasteiger charge is 2.15. The Labute approximate surface area is 147 Å². The van der Waals surface area contributed by atoms with Crippen molar-refractivity contribution < 1.29 is 9.84 Å². The van der Waals surface area contributed by atoms with E-state index in [0.717, 1.165) is 33.5 Å². The van der Waals surface area contributed by atoms with Crippen molar-refractivity contribution in [3.63, 3.8) is 0 Å². The Bertz CT molecular complexity index is 969. The fourth-order valence-corrected chi connectivity index (χ4v) is 3.13. The van der Waals surface area contributed by atoms with Crippen LogP contribution in [0.15, 0.2) is 41.2 Å². The lowest BCUT2D eigenvalue weighted by atomic mass is 10.1. The van der Waals surface area contributed by atoms with Crippen LogP contribution < -0.4 is 10.4 Å². The summed E-state index contributed by atoms with van der Waals surface area (Å²) in [5, 5.41) is 10.4. The first kappa shape index (κ1) is 17.3. The van der Waals surface area contributed by atoms with Crippen LogP contribution in [0.3, 0.4) is 0 Å². The summed E-state index contributed by atoms with van der Waals surface area (Å²) in [5.74, 6) is 0.810. The van der Waals surface area contributed by atoms with Gasteiger partial charge >= 0.3 is 5.69 Å². The van der Waals surface area contributed by atoms with Crippen LogP contribution in [0.5, 0.6) is 5.75 Å². The van der Waals surface area contributed by atoms with Crippen molar-refractivity contribution in [2.45, 2.75) is 33.4 Å². The minimum absolute atomic E-state index is 0.136. The third kappa shape index (κ3) is 3.20. The summed E-state index contributed by atoms with van der Waals surface area (Å²) in [6.07, 6.45) is -0.775. The third-order valence-electron chi connectivity index (χ3n) is 4.74. The van der Waals surface area contributed by atoms with Gasteiger partial charge in [0.05, 0.1) is 17.6 Å². The van der Waals surface area contributed by atoms with Gasteiger partial charge in [0.25, 0.3) is 0 Å². The highest BCUT2D eigenvalue weighted by molar-refractivity contribution is 5.75. The van der Waals surface area contributed by atoms with E-state index in [2.05, 4.69) is 6.07 Å². The zero-order valence-corrected chi connectivity index (χ0v) is 15.1. The molecule has 1 aromatic heterocycles. The Balaban J connectivity index is 1.79. The Kier molecular flexibility index (Phi) is 4.68. The summed E-state index contributed by atoms with van der Waals surface area (Å²) in [4.78, 5) is 12.4. The van der Waals surface area contributed by atoms with Crippen LogP contribution >= 0.6 is 0 Å². The molecule has 5 heteroatoms. The molecule has 0 amide bonds. The molecule has 0 aliphatic carbocycles. The highest BCUT2D eigenvalue weighted by atomic mass is 16.5. The van der Waals surface area contributed by atoms with Crippen LogP contribution in [0.4, 0.5) is 0 Å². The maximum absolute atomic E-state index is 12.4. The van der Waals surface area contributed by atoms with Gasteiger partial charge in [0.2, 0.25) is 0 Å². The minimum Gasteiger partial charge on any atom is -0.490 e.